The molecule has 26 heavy (non-hydrogen) atoms. The van der Waals surface area contributed by atoms with Gasteiger partial charge in [0, 0.05) is 10.9 Å². The van der Waals surface area contributed by atoms with Crippen molar-refractivity contribution in [1.29, 1.82) is 0 Å². The van der Waals surface area contributed by atoms with Crippen LogP contribution in [0.4, 0.5) is 0 Å². The molecule has 3 heteroatoms. The molecule has 0 aliphatic rings. The monoisotopic (exact) mass is 358 g/mol. The maximum Gasteiger partial charge on any atom is 0.147 e. The van der Waals surface area contributed by atoms with Crippen LogP contribution in [0.15, 0.2) is 77.2 Å². The smallest absolute Gasteiger partial charge is 0.147 e. The van der Waals surface area contributed by atoms with Crippen LogP contribution in [0.3, 0.4) is 0 Å². The first kappa shape index (κ1) is 16.6. The van der Waals surface area contributed by atoms with Crippen molar-refractivity contribution in [1.82, 2.24) is 0 Å². The second-order valence-corrected chi connectivity index (χ2v) is 6.60. The molecule has 1 aromatic heterocycles. The van der Waals surface area contributed by atoms with E-state index in [-0.39, 0.29) is 0 Å². The van der Waals surface area contributed by atoms with Gasteiger partial charge in [0.25, 0.3) is 0 Å². The number of rotatable bonds is 3. The maximum absolute atomic E-state index is 6.11. The summed E-state index contributed by atoms with van der Waals surface area (Å²) >= 11 is 5.64. The van der Waals surface area contributed by atoms with Crippen molar-refractivity contribution in [3.8, 4) is 28.0 Å². The van der Waals surface area contributed by atoms with Gasteiger partial charge in [-0.2, -0.15) is 0 Å². The molecule has 3 aromatic carbocycles. The summed E-state index contributed by atoms with van der Waals surface area (Å²) in [5.41, 5.74) is 4.82. The molecule has 1 heterocycles. The van der Waals surface area contributed by atoms with Crippen LogP contribution < -0.4 is 4.74 Å². The molecule has 0 N–H and O–H groups in total. The van der Waals surface area contributed by atoms with Gasteiger partial charge in [-0.05, 0) is 30.2 Å². The van der Waals surface area contributed by atoms with Gasteiger partial charge < -0.3 is 9.15 Å². The predicted octanol–water partition coefficient (Wildman–Crippen LogP) is 6.81. The molecule has 0 radical (unpaired) electrons. The fraction of sp³-hybridized carbons (Fsp3) is 0.0870. The van der Waals surface area contributed by atoms with Gasteiger partial charge >= 0.3 is 0 Å². The number of benzene rings is 3. The zero-order valence-electron chi connectivity index (χ0n) is 14.7. The van der Waals surface area contributed by atoms with E-state index in [1.807, 2.05) is 49.4 Å². The van der Waals surface area contributed by atoms with Gasteiger partial charge in [0.1, 0.15) is 17.1 Å². The van der Waals surface area contributed by atoms with Gasteiger partial charge in [0.05, 0.1) is 17.2 Å². The molecule has 128 valence electrons. The van der Waals surface area contributed by atoms with Crippen LogP contribution in [0.5, 0.6) is 5.75 Å². The predicted molar refractivity (Wildman–Crippen MR) is 109 cm³/mol. The topological polar surface area (TPSA) is 22.4 Å². The fourth-order valence-corrected chi connectivity index (χ4v) is 3.62. The van der Waals surface area contributed by atoms with Gasteiger partial charge in [-0.15, -0.1) is 0 Å². The largest absolute Gasteiger partial charge is 0.495 e. The highest BCUT2D eigenvalue weighted by Gasteiger charge is 2.19. The molecular weight excluding hydrogens is 340 g/mol. The van der Waals surface area contributed by atoms with Crippen molar-refractivity contribution in [3.63, 3.8) is 0 Å². The first-order valence-corrected chi connectivity index (χ1v) is 8.86. The second kappa shape index (κ2) is 6.77. The van der Waals surface area contributed by atoms with E-state index in [1.165, 1.54) is 0 Å². The molecule has 0 bridgehead atoms. The summed E-state index contributed by atoms with van der Waals surface area (Å²) in [6.45, 7) is 1.92. The van der Waals surface area contributed by atoms with Crippen molar-refractivity contribution in [2.45, 2.75) is 6.92 Å². The Morgan fingerprint density at radius 1 is 0.846 bits per heavy atom. The number of methoxy groups -OCH3 is 1. The Balaban J connectivity index is 2.20. The van der Waals surface area contributed by atoms with E-state index < -0.39 is 0 Å². The van der Waals surface area contributed by atoms with Crippen LogP contribution >= 0.6 is 12.2 Å². The molecule has 2 nitrogen and oxygen atoms in total. The number of aryl methyl sites for hydroxylation is 1. The standard InChI is InChI=1S/C23H18O2S/c1-15-13-20(26)19-14-18(16-9-5-3-6-10-16)22(24-2)21(23(19)25-15)17-11-7-4-8-12-17/h3-14H,1-2H3. The van der Waals surface area contributed by atoms with E-state index in [1.54, 1.807) is 7.11 Å². The SMILES string of the molecule is COc1c(-c2ccccc2)cc2c(=S)cc(C)oc2c1-c1ccccc1. The zero-order chi connectivity index (χ0) is 18.1. The van der Waals surface area contributed by atoms with Gasteiger partial charge in [0.2, 0.25) is 0 Å². The Bertz CT molecular complexity index is 1130. The lowest BCUT2D eigenvalue weighted by Gasteiger charge is -2.17. The minimum Gasteiger partial charge on any atom is -0.495 e. The molecule has 0 saturated carbocycles. The number of ether oxygens (including phenoxy) is 1. The lowest BCUT2D eigenvalue weighted by atomic mass is 9.94. The average molecular weight is 358 g/mol. The highest BCUT2D eigenvalue weighted by atomic mass is 32.1. The molecule has 0 amide bonds. The summed E-state index contributed by atoms with van der Waals surface area (Å²) in [5, 5.41) is 0.920. The van der Waals surface area contributed by atoms with Crippen LogP contribution in [-0.2, 0) is 0 Å². The number of hydrogen-bond acceptors (Lipinski definition) is 3. The van der Waals surface area contributed by atoms with Crippen molar-refractivity contribution in [2.24, 2.45) is 0 Å². The first-order valence-electron chi connectivity index (χ1n) is 8.45. The quantitative estimate of drug-likeness (QED) is 0.375. The average Bonchev–Trinajstić information content (AvgIpc) is 2.68. The zero-order valence-corrected chi connectivity index (χ0v) is 15.5. The van der Waals surface area contributed by atoms with Gasteiger partial charge in [-0.25, -0.2) is 0 Å². The van der Waals surface area contributed by atoms with Crippen molar-refractivity contribution in [2.75, 3.05) is 7.11 Å². The molecule has 0 saturated heterocycles. The van der Waals surface area contributed by atoms with E-state index in [4.69, 9.17) is 21.4 Å². The van der Waals surface area contributed by atoms with Crippen LogP contribution in [0.1, 0.15) is 5.76 Å². The Labute approximate surface area is 157 Å². The molecule has 4 aromatic rings. The van der Waals surface area contributed by atoms with Gasteiger partial charge in [-0.3, -0.25) is 0 Å². The third-order valence-electron chi connectivity index (χ3n) is 4.45. The third-order valence-corrected chi connectivity index (χ3v) is 4.78. The highest BCUT2D eigenvalue weighted by Crippen LogP contribution is 2.44. The van der Waals surface area contributed by atoms with Crippen molar-refractivity contribution in [3.05, 3.63) is 83.1 Å². The summed E-state index contributed by atoms with van der Waals surface area (Å²) in [7, 11) is 1.70. The minimum absolute atomic E-state index is 0.762. The normalized spacial score (nSPS) is 10.8. The Morgan fingerprint density at radius 2 is 1.46 bits per heavy atom. The molecule has 0 atom stereocenters. The second-order valence-electron chi connectivity index (χ2n) is 6.16. The molecule has 0 fully saturated rings. The summed E-state index contributed by atoms with van der Waals surface area (Å²) < 4.78 is 12.8. The third kappa shape index (κ3) is 2.80. The van der Waals surface area contributed by atoms with Gasteiger partial charge in [0.15, 0.2) is 0 Å². The van der Waals surface area contributed by atoms with Crippen LogP contribution in [0.2, 0.25) is 0 Å². The van der Waals surface area contributed by atoms with Crippen molar-refractivity contribution >= 4 is 23.2 Å². The summed E-state index contributed by atoms with van der Waals surface area (Å²) in [6.07, 6.45) is 0. The van der Waals surface area contributed by atoms with E-state index in [9.17, 15) is 0 Å². The molecule has 0 aliphatic heterocycles. The van der Waals surface area contributed by atoms with Crippen molar-refractivity contribution < 1.29 is 9.15 Å². The Hall–Kier alpha value is -2.91. The van der Waals surface area contributed by atoms with E-state index in [2.05, 4.69) is 30.3 Å². The minimum atomic E-state index is 0.762. The van der Waals surface area contributed by atoms with Crippen LogP contribution in [0, 0.1) is 11.4 Å². The Morgan fingerprint density at radius 3 is 2.08 bits per heavy atom. The fourth-order valence-electron chi connectivity index (χ4n) is 3.30. The summed E-state index contributed by atoms with van der Waals surface area (Å²) in [6, 6.07) is 24.3. The molecule has 4 rings (SSSR count). The maximum atomic E-state index is 6.11. The highest BCUT2D eigenvalue weighted by molar-refractivity contribution is 7.71. The lowest BCUT2D eigenvalue weighted by Crippen LogP contribution is -1.95. The summed E-state index contributed by atoms with van der Waals surface area (Å²) in [4.78, 5) is 0. The number of fused-ring (bicyclic) bond motifs is 1. The Kier molecular flexibility index (Phi) is 4.31. The van der Waals surface area contributed by atoms with Crippen LogP contribution in [-0.4, -0.2) is 7.11 Å². The molecular formula is C23H18O2S. The lowest BCUT2D eigenvalue weighted by molar-refractivity contribution is 0.417. The first-order chi connectivity index (χ1) is 12.7. The summed E-state index contributed by atoms with van der Waals surface area (Å²) in [5.74, 6) is 1.58. The van der Waals surface area contributed by atoms with E-state index in [0.717, 1.165) is 49.2 Å². The van der Waals surface area contributed by atoms with Gasteiger partial charge in [-0.1, -0.05) is 72.9 Å². The molecule has 0 aliphatic carbocycles. The number of hydrogen-bond donors (Lipinski definition) is 0. The molecule has 0 spiro atoms. The van der Waals surface area contributed by atoms with Crippen LogP contribution in [0.25, 0.3) is 33.2 Å². The van der Waals surface area contributed by atoms with E-state index in [0.29, 0.717) is 0 Å². The molecule has 0 unspecified atom stereocenters. The van der Waals surface area contributed by atoms with E-state index >= 15 is 0 Å².